The van der Waals surface area contributed by atoms with Crippen molar-refractivity contribution in [1.82, 2.24) is 4.98 Å². The van der Waals surface area contributed by atoms with Crippen LogP contribution in [0.2, 0.25) is 0 Å². The van der Waals surface area contributed by atoms with Crippen LogP contribution in [-0.2, 0) is 6.18 Å². The van der Waals surface area contributed by atoms with Gasteiger partial charge >= 0.3 is 6.18 Å². The molecule has 25 heavy (non-hydrogen) atoms. The zero-order chi connectivity index (χ0) is 18.0. The molecule has 3 rings (SSSR count). The number of aromatic nitrogens is 1. The van der Waals surface area contributed by atoms with Crippen LogP contribution in [0.4, 0.5) is 18.9 Å². The lowest BCUT2D eigenvalue weighted by Crippen LogP contribution is -2.25. The van der Waals surface area contributed by atoms with Crippen molar-refractivity contribution >= 4 is 27.9 Å². The van der Waals surface area contributed by atoms with Crippen LogP contribution in [0.5, 0.6) is 5.88 Å². The van der Waals surface area contributed by atoms with Gasteiger partial charge in [-0.3, -0.25) is 4.79 Å². The Kier molecular flexibility index (Phi) is 4.99. The van der Waals surface area contributed by atoms with Gasteiger partial charge in [-0.15, -0.1) is 0 Å². The van der Waals surface area contributed by atoms with Gasteiger partial charge < -0.3 is 9.64 Å². The van der Waals surface area contributed by atoms with Crippen LogP contribution in [0.25, 0.3) is 0 Å². The van der Waals surface area contributed by atoms with Crippen molar-refractivity contribution in [3.63, 3.8) is 0 Å². The fraction of sp³-hybridized carbons (Fsp3) is 0.294. The number of pyridine rings is 1. The van der Waals surface area contributed by atoms with Gasteiger partial charge in [-0.25, -0.2) is 4.98 Å². The molecule has 0 radical (unpaired) electrons. The summed E-state index contributed by atoms with van der Waals surface area (Å²) in [5, 5.41) is 0. The predicted molar refractivity (Wildman–Crippen MR) is 90.0 cm³/mol. The normalized spacial score (nSPS) is 17.6. The highest BCUT2D eigenvalue weighted by Crippen LogP contribution is 2.30. The average molecular weight is 415 g/mol. The van der Waals surface area contributed by atoms with E-state index in [1.807, 2.05) is 17.0 Å². The molecule has 1 saturated heterocycles. The highest BCUT2D eigenvalue weighted by atomic mass is 79.9. The average Bonchev–Trinajstić information content (AvgIpc) is 3.02. The molecule has 8 heteroatoms. The van der Waals surface area contributed by atoms with E-state index in [9.17, 15) is 18.0 Å². The first-order valence-corrected chi connectivity index (χ1v) is 8.35. The molecule has 2 aromatic rings. The summed E-state index contributed by atoms with van der Waals surface area (Å²) in [4.78, 5) is 17.0. The number of halogens is 4. The molecule has 4 nitrogen and oxygen atoms in total. The van der Waals surface area contributed by atoms with Gasteiger partial charge in [0.05, 0.1) is 12.1 Å². The number of ether oxygens (including phenoxy) is 1. The van der Waals surface area contributed by atoms with E-state index in [4.69, 9.17) is 4.74 Å². The molecule has 0 amide bonds. The van der Waals surface area contributed by atoms with Gasteiger partial charge in [-0.05, 0) is 24.3 Å². The first kappa shape index (κ1) is 17.7. The molecule has 0 N–H and O–H groups in total. The molecule has 0 unspecified atom stereocenters. The van der Waals surface area contributed by atoms with Crippen molar-refractivity contribution in [3.05, 3.63) is 52.1 Å². The molecule has 0 spiro atoms. The highest BCUT2D eigenvalue weighted by molar-refractivity contribution is 9.10. The Morgan fingerprint density at radius 1 is 1.28 bits per heavy atom. The molecule has 0 aliphatic carbocycles. The van der Waals surface area contributed by atoms with Crippen molar-refractivity contribution in [3.8, 4) is 5.88 Å². The van der Waals surface area contributed by atoms with Crippen LogP contribution in [0.3, 0.4) is 0 Å². The van der Waals surface area contributed by atoms with E-state index >= 15 is 0 Å². The Hall–Kier alpha value is -2.09. The van der Waals surface area contributed by atoms with Gasteiger partial charge in [-0.1, -0.05) is 15.9 Å². The summed E-state index contributed by atoms with van der Waals surface area (Å²) >= 11 is 3.33. The number of aldehydes is 1. The minimum Gasteiger partial charge on any atom is -0.472 e. The first-order valence-electron chi connectivity index (χ1n) is 7.56. The van der Waals surface area contributed by atoms with Crippen molar-refractivity contribution in [2.24, 2.45) is 0 Å². The summed E-state index contributed by atoms with van der Waals surface area (Å²) in [7, 11) is 0. The highest BCUT2D eigenvalue weighted by Gasteiger charge is 2.31. The molecule has 2 heterocycles. The first-order chi connectivity index (χ1) is 11.9. The number of rotatable bonds is 4. The summed E-state index contributed by atoms with van der Waals surface area (Å²) < 4.78 is 44.1. The van der Waals surface area contributed by atoms with E-state index in [0.29, 0.717) is 25.1 Å². The lowest BCUT2D eigenvalue weighted by molar-refractivity contribution is -0.137. The lowest BCUT2D eigenvalue weighted by atomic mass is 10.2. The summed E-state index contributed by atoms with van der Waals surface area (Å²) in [6, 6.07) is 7.63. The second-order valence-electron chi connectivity index (χ2n) is 5.68. The largest absolute Gasteiger partial charge is 0.472 e. The number of alkyl halides is 3. The molecule has 1 atom stereocenters. The fourth-order valence-corrected chi connectivity index (χ4v) is 3.12. The number of hydrogen-bond donors (Lipinski definition) is 0. The Morgan fingerprint density at radius 2 is 2.08 bits per heavy atom. The predicted octanol–water partition coefficient (Wildman–Crippen LogP) is 4.33. The number of nitrogens with zero attached hydrogens (tertiary/aromatic N) is 2. The summed E-state index contributed by atoms with van der Waals surface area (Å²) in [5.41, 5.74) is 0.575. The standard InChI is InChI=1S/C17H14BrF3N2O2/c18-13-2-3-15(11(7-13)10-24)23-6-5-14(9-23)25-16-4-1-12(8-22-16)17(19,20)21/h1-4,7-8,10,14H,5-6,9H2/t14-/m0/s1. The number of carbonyl (C=O) groups is 1. The van der Waals surface area contributed by atoms with Gasteiger partial charge in [0.1, 0.15) is 6.10 Å². The van der Waals surface area contributed by atoms with Gasteiger partial charge in [0.15, 0.2) is 6.29 Å². The molecule has 1 aromatic carbocycles. The summed E-state index contributed by atoms with van der Waals surface area (Å²) in [6.45, 7) is 1.22. The third kappa shape index (κ3) is 4.12. The fourth-order valence-electron chi connectivity index (χ4n) is 2.74. The minimum atomic E-state index is -4.41. The molecule has 1 aliphatic heterocycles. The van der Waals surface area contributed by atoms with Gasteiger partial charge in [0, 0.05) is 41.0 Å². The summed E-state index contributed by atoms with van der Waals surface area (Å²) in [6.07, 6.45) is -2.36. The molecule has 132 valence electrons. The van der Waals surface area contributed by atoms with Crippen LogP contribution < -0.4 is 9.64 Å². The van der Waals surface area contributed by atoms with E-state index in [-0.39, 0.29) is 12.0 Å². The maximum Gasteiger partial charge on any atom is 0.417 e. The molecule has 1 fully saturated rings. The van der Waals surface area contributed by atoms with Gasteiger partial charge in [-0.2, -0.15) is 13.2 Å². The lowest BCUT2D eigenvalue weighted by Gasteiger charge is -2.20. The molecular formula is C17H14BrF3N2O2. The SMILES string of the molecule is O=Cc1cc(Br)ccc1N1CC[C@H](Oc2ccc(C(F)(F)F)cn2)C1. The number of benzene rings is 1. The van der Waals surface area contributed by atoms with Crippen molar-refractivity contribution < 1.29 is 22.7 Å². The second-order valence-corrected chi connectivity index (χ2v) is 6.59. The smallest absolute Gasteiger partial charge is 0.417 e. The molecular weight excluding hydrogens is 401 g/mol. The van der Waals surface area contributed by atoms with E-state index in [1.54, 1.807) is 6.07 Å². The monoisotopic (exact) mass is 414 g/mol. The van der Waals surface area contributed by atoms with Crippen molar-refractivity contribution in [2.45, 2.75) is 18.7 Å². The summed E-state index contributed by atoms with van der Waals surface area (Å²) in [5.74, 6) is 0.159. The Bertz CT molecular complexity index is 765. The topological polar surface area (TPSA) is 42.4 Å². The van der Waals surface area contributed by atoms with Crippen molar-refractivity contribution in [1.29, 1.82) is 0 Å². The van der Waals surface area contributed by atoms with Crippen LogP contribution >= 0.6 is 15.9 Å². The third-order valence-corrected chi connectivity index (χ3v) is 4.45. The van der Waals surface area contributed by atoms with E-state index in [2.05, 4.69) is 20.9 Å². The van der Waals surface area contributed by atoms with Crippen LogP contribution in [0.1, 0.15) is 22.3 Å². The van der Waals surface area contributed by atoms with Crippen LogP contribution in [-0.4, -0.2) is 30.5 Å². The Morgan fingerprint density at radius 3 is 2.72 bits per heavy atom. The van der Waals surface area contributed by atoms with Crippen molar-refractivity contribution in [2.75, 3.05) is 18.0 Å². The van der Waals surface area contributed by atoms with Gasteiger partial charge in [0.25, 0.3) is 0 Å². The number of hydrogen-bond acceptors (Lipinski definition) is 4. The minimum absolute atomic E-state index is 0.159. The zero-order valence-electron chi connectivity index (χ0n) is 13.0. The van der Waals surface area contributed by atoms with E-state index in [0.717, 1.165) is 28.7 Å². The van der Waals surface area contributed by atoms with E-state index in [1.165, 1.54) is 6.07 Å². The van der Waals surface area contributed by atoms with Crippen LogP contribution in [0.15, 0.2) is 41.0 Å². The molecule has 0 saturated carbocycles. The Balaban J connectivity index is 1.66. The second kappa shape index (κ2) is 7.03. The zero-order valence-corrected chi connectivity index (χ0v) is 14.5. The Labute approximate surface area is 150 Å². The maximum atomic E-state index is 12.5. The number of anilines is 1. The molecule has 0 bridgehead atoms. The van der Waals surface area contributed by atoms with E-state index < -0.39 is 11.7 Å². The molecule has 1 aliphatic rings. The van der Waals surface area contributed by atoms with Crippen LogP contribution in [0, 0.1) is 0 Å². The quantitative estimate of drug-likeness (QED) is 0.698. The maximum absolute atomic E-state index is 12.5. The number of carbonyl (C=O) groups excluding carboxylic acids is 1. The van der Waals surface area contributed by atoms with Gasteiger partial charge in [0.2, 0.25) is 5.88 Å². The molecule has 1 aromatic heterocycles. The third-order valence-electron chi connectivity index (χ3n) is 3.95.